The lowest BCUT2D eigenvalue weighted by molar-refractivity contribution is 0.102. The quantitative estimate of drug-likeness (QED) is 0.374. The van der Waals surface area contributed by atoms with Crippen molar-refractivity contribution in [2.75, 3.05) is 11.1 Å². The third-order valence-electron chi connectivity index (χ3n) is 4.34. The molecule has 0 saturated heterocycles. The van der Waals surface area contributed by atoms with Gasteiger partial charge >= 0.3 is 0 Å². The van der Waals surface area contributed by atoms with E-state index in [1.54, 1.807) is 6.07 Å². The van der Waals surface area contributed by atoms with E-state index >= 15 is 0 Å². The van der Waals surface area contributed by atoms with Gasteiger partial charge in [0.25, 0.3) is 5.91 Å². The van der Waals surface area contributed by atoms with E-state index in [1.165, 1.54) is 0 Å². The van der Waals surface area contributed by atoms with E-state index in [0.29, 0.717) is 5.69 Å². The number of phenolic OH excluding ortho intramolecular Hbond substituents is 1. The monoisotopic (exact) mass is 328 g/mol. The molecule has 0 unspecified atom stereocenters. The zero-order valence-corrected chi connectivity index (χ0v) is 13.4. The van der Waals surface area contributed by atoms with Gasteiger partial charge < -0.3 is 16.2 Å². The standard InChI is InChI=1S/C21H16N2O2/c22-19-16-10-4-2-7-14(16)12-17(20(19)24)21(25)23-18-11-5-8-13-6-1-3-9-15(13)18/h1-12,24H,22H2,(H,23,25). The molecule has 0 aliphatic carbocycles. The van der Waals surface area contributed by atoms with Crippen LogP contribution >= 0.6 is 0 Å². The number of hydrogen-bond donors (Lipinski definition) is 3. The Balaban J connectivity index is 1.79. The summed E-state index contributed by atoms with van der Waals surface area (Å²) >= 11 is 0. The Bertz CT molecular complexity index is 1110. The van der Waals surface area contributed by atoms with Crippen LogP contribution in [0, 0.1) is 0 Å². The maximum atomic E-state index is 12.7. The van der Waals surface area contributed by atoms with Gasteiger partial charge in [0.15, 0.2) is 5.75 Å². The van der Waals surface area contributed by atoms with Crippen LogP contribution in [0.15, 0.2) is 72.8 Å². The molecule has 0 spiro atoms. The number of anilines is 2. The lowest BCUT2D eigenvalue weighted by Gasteiger charge is -2.12. The highest BCUT2D eigenvalue weighted by molar-refractivity contribution is 6.14. The minimum Gasteiger partial charge on any atom is -0.505 e. The van der Waals surface area contributed by atoms with Crippen molar-refractivity contribution >= 4 is 38.8 Å². The number of phenols is 1. The Morgan fingerprint density at radius 3 is 2.28 bits per heavy atom. The predicted octanol–water partition coefficient (Wildman–Crippen LogP) is 4.53. The lowest BCUT2D eigenvalue weighted by Crippen LogP contribution is -2.13. The molecule has 0 saturated carbocycles. The zero-order valence-electron chi connectivity index (χ0n) is 13.4. The first-order valence-electron chi connectivity index (χ1n) is 7.94. The molecule has 0 fully saturated rings. The highest BCUT2D eigenvalue weighted by atomic mass is 16.3. The molecule has 4 N–H and O–H groups in total. The zero-order chi connectivity index (χ0) is 17.4. The third-order valence-corrected chi connectivity index (χ3v) is 4.34. The number of hydrogen-bond acceptors (Lipinski definition) is 3. The summed E-state index contributed by atoms with van der Waals surface area (Å²) < 4.78 is 0. The number of rotatable bonds is 2. The van der Waals surface area contributed by atoms with Gasteiger partial charge in [-0.05, 0) is 22.9 Å². The van der Waals surface area contributed by atoms with E-state index < -0.39 is 5.91 Å². The number of aromatic hydroxyl groups is 1. The summed E-state index contributed by atoms with van der Waals surface area (Å²) in [5, 5.41) is 16.7. The molecule has 0 aliphatic heterocycles. The highest BCUT2D eigenvalue weighted by Crippen LogP contribution is 2.34. The molecule has 4 heteroatoms. The number of amides is 1. The Kier molecular flexibility index (Phi) is 3.51. The summed E-state index contributed by atoms with van der Waals surface area (Å²) in [6.07, 6.45) is 0. The fraction of sp³-hybridized carbons (Fsp3) is 0. The van der Waals surface area contributed by atoms with Gasteiger partial charge in [-0.1, -0.05) is 60.7 Å². The second kappa shape index (κ2) is 5.83. The second-order valence-corrected chi connectivity index (χ2v) is 5.89. The van der Waals surface area contributed by atoms with Crippen molar-refractivity contribution in [3.8, 4) is 5.75 Å². The number of fused-ring (bicyclic) bond motifs is 2. The number of carbonyl (C=O) groups excluding carboxylic acids is 1. The Morgan fingerprint density at radius 1 is 0.840 bits per heavy atom. The first-order valence-corrected chi connectivity index (χ1v) is 7.94. The van der Waals surface area contributed by atoms with E-state index in [9.17, 15) is 9.90 Å². The fourth-order valence-electron chi connectivity index (χ4n) is 3.06. The van der Waals surface area contributed by atoms with Gasteiger partial charge in [-0.2, -0.15) is 0 Å². The molecule has 4 rings (SSSR count). The highest BCUT2D eigenvalue weighted by Gasteiger charge is 2.17. The molecule has 4 nitrogen and oxygen atoms in total. The van der Waals surface area contributed by atoms with Gasteiger partial charge in [-0.3, -0.25) is 4.79 Å². The Labute approximate surface area is 144 Å². The van der Waals surface area contributed by atoms with Crippen molar-refractivity contribution in [1.29, 1.82) is 0 Å². The molecule has 4 aromatic rings. The van der Waals surface area contributed by atoms with Crippen molar-refractivity contribution in [3.05, 3.63) is 78.4 Å². The molecule has 0 radical (unpaired) electrons. The van der Waals surface area contributed by atoms with Gasteiger partial charge in [0.1, 0.15) is 0 Å². The van der Waals surface area contributed by atoms with E-state index in [-0.39, 0.29) is 17.0 Å². The van der Waals surface area contributed by atoms with E-state index in [1.807, 2.05) is 66.7 Å². The molecular weight excluding hydrogens is 312 g/mol. The van der Waals surface area contributed by atoms with E-state index in [2.05, 4.69) is 5.32 Å². The number of nitrogens with one attached hydrogen (secondary N) is 1. The minimum atomic E-state index is -0.397. The van der Waals surface area contributed by atoms with E-state index in [0.717, 1.165) is 21.5 Å². The van der Waals surface area contributed by atoms with Crippen LogP contribution in [0.25, 0.3) is 21.5 Å². The van der Waals surface area contributed by atoms with Gasteiger partial charge in [-0.15, -0.1) is 0 Å². The normalized spacial score (nSPS) is 10.9. The number of nitrogen functional groups attached to an aromatic ring is 1. The first-order chi connectivity index (χ1) is 12.1. The Morgan fingerprint density at radius 2 is 1.48 bits per heavy atom. The lowest BCUT2D eigenvalue weighted by atomic mass is 10.0. The maximum absolute atomic E-state index is 12.7. The first kappa shape index (κ1) is 15.0. The fourth-order valence-corrected chi connectivity index (χ4v) is 3.06. The SMILES string of the molecule is Nc1c(O)c(C(=O)Nc2cccc3ccccc23)cc2ccccc12. The van der Waals surface area contributed by atoms with Crippen LogP contribution in [0.3, 0.4) is 0 Å². The van der Waals surface area contributed by atoms with Crippen molar-refractivity contribution in [3.63, 3.8) is 0 Å². The maximum Gasteiger partial charge on any atom is 0.259 e. The molecular formula is C21H16N2O2. The van der Waals surface area contributed by atoms with Crippen molar-refractivity contribution in [2.24, 2.45) is 0 Å². The molecule has 0 heterocycles. The summed E-state index contributed by atoms with van der Waals surface area (Å²) in [7, 11) is 0. The van der Waals surface area contributed by atoms with Crippen molar-refractivity contribution in [1.82, 2.24) is 0 Å². The molecule has 0 aliphatic rings. The summed E-state index contributed by atoms with van der Waals surface area (Å²) in [4.78, 5) is 12.7. The number of nitrogens with two attached hydrogens (primary N) is 1. The predicted molar refractivity (Wildman–Crippen MR) is 102 cm³/mol. The summed E-state index contributed by atoms with van der Waals surface area (Å²) in [5.41, 5.74) is 7.07. The smallest absolute Gasteiger partial charge is 0.259 e. The molecule has 0 atom stereocenters. The van der Waals surface area contributed by atoms with Gasteiger partial charge in [0.05, 0.1) is 11.3 Å². The van der Waals surface area contributed by atoms with Crippen LogP contribution in [0.2, 0.25) is 0 Å². The second-order valence-electron chi connectivity index (χ2n) is 5.89. The Hall–Kier alpha value is -3.53. The van der Waals surface area contributed by atoms with Crippen molar-refractivity contribution in [2.45, 2.75) is 0 Å². The van der Waals surface area contributed by atoms with Crippen LogP contribution in [0.4, 0.5) is 11.4 Å². The summed E-state index contributed by atoms with van der Waals surface area (Å²) in [6.45, 7) is 0. The number of carbonyl (C=O) groups is 1. The topological polar surface area (TPSA) is 75.3 Å². The van der Waals surface area contributed by atoms with Gasteiger partial charge in [0.2, 0.25) is 0 Å². The summed E-state index contributed by atoms with van der Waals surface area (Å²) in [5.74, 6) is -0.595. The minimum absolute atomic E-state index is 0.157. The van der Waals surface area contributed by atoms with Gasteiger partial charge in [-0.25, -0.2) is 0 Å². The molecule has 0 aromatic heterocycles. The van der Waals surface area contributed by atoms with Crippen LogP contribution in [-0.4, -0.2) is 11.0 Å². The van der Waals surface area contributed by atoms with Crippen LogP contribution in [0.5, 0.6) is 5.75 Å². The van der Waals surface area contributed by atoms with E-state index in [4.69, 9.17) is 5.73 Å². The third kappa shape index (κ3) is 2.54. The summed E-state index contributed by atoms with van der Waals surface area (Å²) in [6, 6.07) is 22.5. The van der Waals surface area contributed by atoms with Gasteiger partial charge in [0, 0.05) is 16.5 Å². The average molecular weight is 328 g/mol. The number of benzene rings is 4. The molecule has 4 aromatic carbocycles. The van der Waals surface area contributed by atoms with Crippen LogP contribution < -0.4 is 11.1 Å². The molecule has 1 amide bonds. The average Bonchev–Trinajstić information content (AvgIpc) is 2.65. The van der Waals surface area contributed by atoms with Crippen LogP contribution in [-0.2, 0) is 0 Å². The molecule has 122 valence electrons. The van der Waals surface area contributed by atoms with Crippen LogP contribution in [0.1, 0.15) is 10.4 Å². The molecule has 25 heavy (non-hydrogen) atoms. The molecule has 0 bridgehead atoms. The van der Waals surface area contributed by atoms with Crippen molar-refractivity contribution < 1.29 is 9.90 Å². The largest absolute Gasteiger partial charge is 0.505 e.